The van der Waals surface area contributed by atoms with E-state index < -0.39 is 0 Å². The Kier molecular flexibility index (Phi) is 3.70. The minimum absolute atomic E-state index is 0.0505. The molecule has 3 nitrogen and oxygen atoms in total. The van der Waals surface area contributed by atoms with Gasteiger partial charge in [-0.2, -0.15) is 0 Å². The van der Waals surface area contributed by atoms with E-state index in [2.05, 4.69) is 26.8 Å². The Morgan fingerprint density at radius 3 is 2.76 bits per heavy atom. The lowest BCUT2D eigenvalue weighted by molar-refractivity contribution is -0.0935. The second-order valence-corrected chi connectivity index (χ2v) is 6.50. The van der Waals surface area contributed by atoms with Crippen LogP contribution in [0.3, 0.4) is 0 Å². The Morgan fingerprint density at radius 1 is 1.29 bits per heavy atom. The predicted molar refractivity (Wildman–Crippen MR) is 82.4 cm³/mol. The number of aromatic hydroxyl groups is 1. The summed E-state index contributed by atoms with van der Waals surface area (Å²) in [5.41, 5.74) is 2.50. The summed E-state index contributed by atoms with van der Waals surface area (Å²) in [5, 5.41) is 9.77. The van der Waals surface area contributed by atoms with Crippen LogP contribution in [0.4, 0.5) is 0 Å². The number of phenolic OH excluding ortho intramolecular Hbond substituents is 1. The van der Waals surface area contributed by atoms with Crippen LogP contribution < -0.4 is 4.74 Å². The fourth-order valence-corrected chi connectivity index (χ4v) is 4.12. The summed E-state index contributed by atoms with van der Waals surface area (Å²) in [6, 6.07) is 5.54. The lowest BCUT2D eigenvalue weighted by Gasteiger charge is -2.47. The van der Waals surface area contributed by atoms with E-state index in [0.717, 1.165) is 12.2 Å². The Hall–Kier alpha value is -1.48. The molecule has 114 valence electrons. The van der Waals surface area contributed by atoms with Gasteiger partial charge in [0.2, 0.25) is 0 Å². The van der Waals surface area contributed by atoms with Gasteiger partial charge < -0.3 is 14.6 Å². The first-order valence-corrected chi connectivity index (χ1v) is 7.69. The van der Waals surface area contributed by atoms with Crippen LogP contribution in [0, 0.1) is 23.7 Å². The van der Waals surface area contributed by atoms with Crippen LogP contribution in [0.25, 0.3) is 0 Å². The molecular weight excluding hydrogens is 264 g/mol. The van der Waals surface area contributed by atoms with Crippen molar-refractivity contribution in [3.8, 4) is 11.5 Å². The highest BCUT2D eigenvalue weighted by atomic mass is 16.5. The van der Waals surface area contributed by atoms with Crippen molar-refractivity contribution < 1.29 is 14.6 Å². The average Bonchev–Trinajstić information content (AvgIpc) is 2.45. The Labute approximate surface area is 126 Å². The Morgan fingerprint density at radius 2 is 2.05 bits per heavy atom. The average molecular weight is 288 g/mol. The zero-order chi connectivity index (χ0) is 15.1. The van der Waals surface area contributed by atoms with E-state index in [0.29, 0.717) is 29.4 Å². The molecule has 1 fully saturated rings. The van der Waals surface area contributed by atoms with E-state index in [1.165, 1.54) is 5.57 Å². The van der Waals surface area contributed by atoms with Crippen LogP contribution in [-0.2, 0) is 4.74 Å². The molecule has 1 N–H and O–H groups in total. The smallest absolute Gasteiger partial charge is 0.160 e. The Balaban J connectivity index is 1.98. The largest absolute Gasteiger partial charge is 0.504 e. The number of rotatable bonds is 2. The van der Waals surface area contributed by atoms with Gasteiger partial charge in [-0.3, -0.25) is 0 Å². The van der Waals surface area contributed by atoms with Gasteiger partial charge in [0.05, 0.1) is 19.8 Å². The number of hydrogen-bond acceptors (Lipinski definition) is 3. The minimum atomic E-state index is 0.0505. The molecular formula is C18H24O3. The van der Waals surface area contributed by atoms with Crippen LogP contribution in [0.2, 0.25) is 0 Å². The predicted octanol–water partition coefficient (Wildman–Crippen LogP) is 3.94. The van der Waals surface area contributed by atoms with Crippen molar-refractivity contribution in [2.45, 2.75) is 26.9 Å². The third-order valence-corrected chi connectivity index (χ3v) is 5.30. The normalized spacial score (nSPS) is 35.2. The molecule has 3 rings (SSSR count). The second-order valence-electron chi connectivity index (χ2n) is 6.50. The van der Waals surface area contributed by atoms with Crippen LogP contribution in [0.15, 0.2) is 29.8 Å². The van der Waals surface area contributed by atoms with Crippen molar-refractivity contribution >= 4 is 0 Å². The van der Waals surface area contributed by atoms with Gasteiger partial charge in [-0.05, 0) is 42.4 Å². The number of phenols is 1. The van der Waals surface area contributed by atoms with Gasteiger partial charge in [0.25, 0.3) is 0 Å². The van der Waals surface area contributed by atoms with Gasteiger partial charge in [0, 0.05) is 5.92 Å². The maximum Gasteiger partial charge on any atom is 0.160 e. The van der Waals surface area contributed by atoms with Gasteiger partial charge >= 0.3 is 0 Å². The summed E-state index contributed by atoms with van der Waals surface area (Å²) in [7, 11) is 1.58. The van der Waals surface area contributed by atoms with E-state index in [1.54, 1.807) is 13.2 Å². The molecule has 1 aliphatic heterocycles. The highest BCUT2D eigenvalue weighted by Crippen LogP contribution is 2.50. The molecule has 1 heterocycles. The van der Waals surface area contributed by atoms with Gasteiger partial charge in [0.1, 0.15) is 0 Å². The highest BCUT2D eigenvalue weighted by molar-refractivity contribution is 5.43. The fourth-order valence-electron chi connectivity index (χ4n) is 4.12. The monoisotopic (exact) mass is 288 g/mol. The number of methoxy groups -OCH3 is 1. The zero-order valence-electron chi connectivity index (χ0n) is 13.2. The molecule has 3 heteroatoms. The lowest BCUT2D eigenvalue weighted by Crippen LogP contribution is -2.42. The van der Waals surface area contributed by atoms with Crippen molar-refractivity contribution in [1.29, 1.82) is 0 Å². The number of ether oxygens (including phenoxy) is 2. The molecule has 0 amide bonds. The molecule has 1 aromatic rings. The molecule has 0 saturated carbocycles. The summed E-state index contributed by atoms with van der Waals surface area (Å²) in [6.45, 7) is 7.65. The first-order chi connectivity index (χ1) is 10.0. The van der Waals surface area contributed by atoms with Crippen LogP contribution in [0.5, 0.6) is 11.5 Å². The maximum absolute atomic E-state index is 9.77. The summed E-state index contributed by atoms with van der Waals surface area (Å²) < 4.78 is 11.4. The highest BCUT2D eigenvalue weighted by Gasteiger charge is 2.43. The Bertz CT molecular complexity index is 564. The van der Waals surface area contributed by atoms with Crippen molar-refractivity contribution in [2.24, 2.45) is 23.7 Å². The maximum atomic E-state index is 9.77. The van der Waals surface area contributed by atoms with Crippen LogP contribution >= 0.6 is 0 Å². The molecule has 1 aliphatic carbocycles. The van der Waals surface area contributed by atoms with E-state index in [9.17, 15) is 5.11 Å². The molecule has 0 aromatic heterocycles. The molecule has 0 spiro atoms. The topological polar surface area (TPSA) is 38.7 Å². The first-order valence-electron chi connectivity index (χ1n) is 7.69. The molecule has 0 unspecified atom stereocenters. The second kappa shape index (κ2) is 5.38. The summed E-state index contributed by atoms with van der Waals surface area (Å²) in [4.78, 5) is 0. The van der Waals surface area contributed by atoms with E-state index in [1.807, 2.05) is 12.1 Å². The van der Waals surface area contributed by atoms with Gasteiger partial charge in [-0.25, -0.2) is 0 Å². The molecule has 5 atom stereocenters. The van der Waals surface area contributed by atoms with Gasteiger partial charge in [-0.1, -0.05) is 31.6 Å². The van der Waals surface area contributed by atoms with Crippen LogP contribution in [-0.4, -0.2) is 18.8 Å². The van der Waals surface area contributed by atoms with Gasteiger partial charge in [0.15, 0.2) is 11.5 Å². The van der Waals surface area contributed by atoms with Crippen LogP contribution in [0.1, 0.15) is 32.4 Å². The summed E-state index contributed by atoms with van der Waals surface area (Å²) in [5.74, 6) is 2.91. The lowest BCUT2D eigenvalue weighted by atomic mass is 9.64. The van der Waals surface area contributed by atoms with Gasteiger partial charge in [-0.15, -0.1) is 0 Å². The molecule has 2 aliphatic rings. The summed E-state index contributed by atoms with van der Waals surface area (Å²) >= 11 is 0. The van der Waals surface area contributed by atoms with E-state index >= 15 is 0 Å². The van der Waals surface area contributed by atoms with Crippen molar-refractivity contribution in [3.05, 3.63) is 35.4 Å². The standard InChI is InChI=1S/C18H24O3/c1-10-7-11(2)17-12(3)14(10)9-21-18(17)13-5-6-15(19)16(8-13)20-4/h5-8,10,12,14,17-19H,9H2,1-4H3/t10-,12-,14-,17+,18-/m1/s1. The first kappa shape index (κ1) is 14.5. The third-order valence-electron chi connectivity index (χ3n) is 5.30. The third kappa shape index (κ3) is 2.34. The molecule has 21 heavy (non-hydrogen) atoms. The molecule has 0 radical (unpaired) electrons. The molecule has 1 aromatic carbocycles. The minimum Gasteiger partial charge on any atom is -0.504 e. The summed E-state index contributed by atoms with van der Waals surface area (Å²) in [6.07, 6.45) is 2.46. The molecule has 2 bridgehead atoms. The number of hydrogen-bond donors (Lipinski definition) is 1. The SMILES string of the molecule is COc1cc([C@H]2OC[C@H]3[C@@H](C)[C@@H]2C(C)=C[C@H]3C)ccc1O. The van der Waals surface area contributed by atoms with Crippen molar-refractivity contribution in [1.82, 2.24) is 0 Å². The molecule has 1 saturated heterocycles. The zero-order valence-corrected chi connectivity index (χ0v) is 13.2. The van der Waals surface area contributed by atoms with E-state index in [4.69, 9.17) is 9.47 Å². The van der Waals surface area contributed by atoms with E-state index in [-0.39, 0.29) is 11.9 Å². The quantitative estimate of drug-likeness (QED) is 0.838. The number of allylic oxidation sites excluding steroid dienone is 1. The number of fused-ring (bicyclic) bond motifs is 2. The fraction of sp³-hybridized carbons (Fsp3) is 0.556. The number of benzene rings is 1. The van der Waals surface area contributed by atoms with Crippen molar-refractivity contribution in [2.75, 3.05) is 13.7 Å². The van der Waals surface area contributed by atoms with Crippen molar-refractivity contribution in [3.63, 3.8) is 0 Å².